The molecule has 1 amide bonds. The van der Waals surface area contributed by atoms with E-state index in [1.165, 1.54) is 0 Å². The molecular formula is C16H15ClN2O2. The van der Waals surface area contributed by atoms with Gasteiger partial charge in [0, 0.05) is 6.54 Å². The highest BCUT2D eigenvalue weighted by Gasteiger charge is 2.00. The summed E-state index contributed by atoms with van der Waals surface area (Å²) in [4.78, 5) is 15.6. The van der Waals surface area contributed by atoms with Gasteiger partial charge in [-0.05, 0) is 23.8 Å². The van der Waals surface area contributed by atoms with Crippen molar-refractivity contribution in [3.63, 3.8) is 0 Å². The molecule has 4 nitrogen and oxygen atoms in total. The third-order valence-electron chi connectivity index (χ3n) is 2.60. The summed E-state index contributed by atoms with van der Waals surface area (Å²) < 4.78 is 5.08. The molecule has 0 fully saturated rings. The summed E-state index contributed by atoms with van der Waals surface area (Å²) in [6.45, 7) is 0.619. The average molecular weight is 303 g/mol. The number of nitrogens with one attached hydrogen (secondary N) is 1. The van der Waals surface area contributed by atoms with Crippen LogP contribution in [0.15, 0.2) is 54.6 Å². The topological polar surface area (TPSA) is 51.2 Å². The molecule has 21 heavy (non-hydrogen) atoms. The van der Waals surface area contributed by atoms with E-state index in [4.69, 9.17) is 16.3 Å². The molecule has 2 aromatic rings. The lowest BCUT2D eigenvalue weighted by Gasteiger charge is -2.05. The van der Waals surface area contributed by atoms with Gasteiger partial charge >= 0.3 is 6.09 Å². The highest BCUT2D eigenvalue weighted by Crippen LogP contribution is 2.06. The fourth-order valence-electron chi connectivity index (χ4n) is 1.61. The standard InChI is InChI=1S/C16H15ClN2O2/c17-15-10-4-8-14(19-15)9-5-11-18-16(20)21-12-13-6-2-1-3-7-13/h1-10H,11-12H2,(H,18,20). The molecule has 1 N–H and O–H groups in total. The van der Waals surface area contributed by atoms with E-state index in [-0.39, 0.29) is 6.61 Å². The Bertz CT molecular complexity index is 615. The van der Waals surface area contributed by atoms with Crippen molar-refractivity contribution in [2.45, 2.75) is 6.61 Å². The van der Waals surface area contributed by atoms with Gasteiger partial charge in [-0.2, -0.15) is 0 Å². The zero-order valence-corrected chi connectivity index (χ0v) is 12.1. The Hall–Kier alpha value is -2.33. The Morgan fingerprint density at radius 2 is 2.00 bits per heavy atom. The third-order valence-corrected chi connectivity index (χ3v) is 2.81. The van der Waals surface area contributed by atoms with Crippen LogP contribution in [-0.2, 0) is 11.3 Å². The Morgan fingerprint density at radius 3 is 2.76 bits per heavy atom. The molecule has 1 aromatic carbocycles. The van der Waals surface area contributed by atoms with Crippen molar-refractivity contribution in [2.24, 2.45) is 0 Å². The molecule has 1 aromatic heterocycles. The van der Waals surface area contributed by atoms with Gasteiger partial charge in [0.05, 0.1) is 5.69 Å². The van der Waals surface area contributed by atoms with Crippen molar-refractivity contribution in [3.05, 3.63) is 71.0 Å². The zero-order chi connectivity index (χ0) is 14.9. The minimum atomic E-state index is -0.456. The summed E-state index contributed by atoms with van der Waals surface area (Å²) >= 11 is 5.77. The fourth-order valence-corrected chi connectivity index (χ4v) is 1.78. The summed E-state index contributed by atoms with van der Waals surface area (Å²) in [6, 6.07) is 14.9. The molecule has 0 saturated carbocycles. The number of halogens is 1. The van der Waals surface area contributed by atoms with E-state index >= 15 is 0 Å². The number of alkyl carbamates (subject to hydrolysis) is 1. The van der Waals surface area contributed by atoms with E-state index in [2.05, 4.69) is 10.3 Å². The summed E-state index contributed by atoms with van der Waals surface area (Å²) in [5, 5.41) is 3.07. The Balaban J connectivity index is 1.69. The van der Waals surface area contributed by atoms with Crippen molar-refractivity contribution < 1.29 is 9.53 Å². The number of amides is 1. The molecule has 0 aliphatic carbocycles. The van der Waals surface area contributed by atoms with Gasteiger partial charge < -0.3 is 10.1 Å². The van der Waals surface area contributed by atoms with Gasteiger partial charge in [0.15, 0.2) is 0 Å². The molecule has 0 spiro atoms. The largest absolute Gasteiger partial charge is 0.445 e. The first-order valence-corrected chi connectivity index (χ1v) is 6.85. The van der Waals surface area contributed by atoms with Crippen LogP contribution in [0.2, 0.25) is 5.15 Å². The minimum Gasteiger partial charge on any atom is -0.445 e. The summed E-state index contributed by atoms with van der Waals surface area (Å²) in [5.74, 6) is 0. The molecule has 0 atom stereocenters. The van der Waals surface area contributed by atoms with E-state index in [1.54, 1.807) is 18.2 Å². The van der Waals surface area contributed by atoms with Crippen LogP contribution in [-0.4, -0.2) is 17.6 Å². The normalized spacial score (nSPS) is 10.5. The molecule has 1 heterocycles. The van der Waals surface area contributed by atoms with Gasteiger partial charge in [-0.3, -0.25) is 0 Å². The first-order chi connectivity index (χ1) is 10.2. The first kappa shape index (κ1) is 15.1. The second kappa shape index (κ2) is 8.07. The summed E-state index contributed by atoms with van der Waals surface area (Å²) in [6.07, 6.45) is 3.11. The number of carbonyl (C=O) groups is 1. The van der Waals surface area contributed by atoms with E-state index in [0.29, 0.717) is 11.7 Å². The van der Waals surface area contributed by atoms with Gasteiger partial charge in [-0.15, -0.1) is 0 Å². The number of ether oxygens (including phenoxy) is 1. The maximum absolute atomic E-state index is 11.5. The highest BCUT2D eigenvalue weighted by molar-refractivity contribution is 6.29. The van der Waals surface area contributed by atoms with Crippen LogP contribution in [0.1, 0.15) is 11.3 Å². The van der Waals surface area contributed by atoms with Crippen LogP contribution in [0.4, 0.5) is 4.79 Å². The second-order valence-corrected chi connectivity index (χ2v) is 4.62. The van der Waals surface area contributed by atoms with Crippen molar-refractivity contribution in [1.82, 2.24) is 10.3 Å². The molecule has 5 heteroatoms. The first-order valence-electron chi connectivity index (χ1n) is 6.48. The Morgan fingerprint density at radius 1 is 1.19 bits per heavy atom. The quantitative estimate of drug-likeness (QED) is 0.857. The van der Waals surface area contributed by atoms with E-state index in [1.807, 2.05) is 42.5 Å². The number of pyridine rings is 1. The molecule has 0 bridgehead atoms. The SMILES string of the molecule is O=C(NCC=Cc1cccc(Cl)n1)OCc1ccccc1. The molecule has 0 unspecified atom stereocenters. The fraction of sp³-hybridized carbons (Fsp3) is 0.125. The van der Waals surface area contributed by atoms with Crippen molar-refractivity contribution in [1.29, 1.82) is 0 Å². The van der Waals surface area contributed by atoms with Crippen LogP contribution in [0.5, 0.6) is 0 Å². The molecule has 0 radical (unpaired) electrons. The lowest BCUT2D eigenvalue weighted by atomic mass is 10.2. The Labute approximate surface area is 128 Å². The molecular weight excluding hydrogens is 288 g/mol. The van der Waals surface area contributed by atoms with Crippen LogP contribution >= 0.6 is 11.6 Å². The number of benzene rings is 1. The molecule has 0 aliphatic heterocycles. The summed E-state index contributed by atoms with van der Waals surface area (Å²) in [5.41, 5.74) is 1.69. The van der Waals surface area contributed by atoms with E-state index in [0.717, 1.165) is 11.3 Å². The van der Waals surface area contributed by atoms with Crippen LogP contribution < -0.4 is 5.32 Å². The molecule has 108 valence electrons. The van der Waals surface area contributed by atoms with Crippen molar-refractivity contribution in [2.75, 3.05) is 6.54 Å². The van der Waals surface area contributed by atoms with Gasteiger partial charge in [-0.25, -0.2) is 9.78 Å². The predicted octanol–water partition coefficient (Wildman–Crippen LogP) is 3.67. The smallest absolute Gasteiger partial charge is 0.407 e. The average Bonchev–Trinajstić information content (AvgIpc) is 2.51. The molecule has 0 saturated heterocycles. The van der Waals surface area contributed by atoms with Crippen LogP contribution in [0.3, 0.4) is 0 Å². The second-order valence-electron chi connectivity index (χ2n) is 4.23. The number of hydrogen-bond acceptors (Lipinski definition) is 3. The lowest BCUT2D eigenvalue weighted by molar-refractivity contribution is 0.141. The van der Waals surface area contributed by atoms with Crippen molar-refractivity contribution in [3.8, 4) is 0 Å². The van der Waals surface area contributed by atoms with E-state index < -0.39 is 6.09 Å². The van der Waals surface area contributed by atoms with Gasteiger partial charge in [0.1, 0.15) is 11.8 Å². The maximum Gasteiger partial charge on any atom is 0.407 e. The number of nitrogens with zero attached hydrogens (tertiary/aromatic N) is 1. The zero-order valence-electron chi connectivity index (χ0n) is 11.3. The number of aromatic nitrogens is 1. The predicted molar refractivity (Wildman–Crippen MR) is 82.9 cm³/mol. The van der Waals surface area contributed by atoms with E-state index in [9.17, 15) is 4.79 Å². The molecule has 0 aliphatic rings. The van der Waals surface area contributed by atoms with Gasteiger partial charge in [0.25, 0.3) is 0 Å². The number of hydrogen-bond donors (Lipinski definition) is 1. The van der Waals surface area contributed by atoms with Gasteiger partial charge in [0.2, 0.25) is 0 Å². The van der Waals surface area contributed by atoms with Crippen LogP contribution in [0, 0.1) is 0 Å². The molecule has 2 rings (SSSR count). The third kappa shape index (κ3) is 5.67. The highest BCUT2D eigenvalue weighted by atomic mass is 35.5. The number of rotatable bonds is 5. The minimum absolute atomic E-state index is 0.256. The van der Waals surface area contributed by atoms with Gasteiger partial charge in [-0.1, -0.05) is 54.1 Å². The number of carbonyl (C=O) groups excluding carboxylic acids is 1. The Kier molecular flexibility index (Phi) is 5.79. The maximum atomic E-state index is 11.5. The lowest BCUT2D eigenvalue weighted by Crippen LogP contribution is -2.24. The monoisotopic (exact) mass is 302 g/mol. The van der Waals surface area contributed by atoms with Crippen molar-refractivity contribution >= 4 is 23.8 Å². The van der Waals surface area contributed by atoms with Crippen LogP contribution in [0.25, 0.3) is 6.08 Å². The summed E-state index contributed by atoms with van der Waals surface area (Å²) in [7, 11) is 0.